The number of piperidine rings is 1. The molecule has 0 amide bonds. The lowest BCUT2D eigenvalue weighted by Crippen LogP contribution is -2.63. The van der Waals surface area contributed by atoms with Gasteiger partial charge in [-0.3, -0.25) is 4.90 Å². The van der Waals surface area contributed by atoms with E-state index in [2.05, 4.69) is 64.8 Å². The minimum atomic E-state index is -5.08. The zero-order valence-electron chi connectivity index (χ0n) is 21.5. The Bertz CT molecular complexity index is 983. The minimum absolute atomic E-state index is 0.553. The molecule has 0 spiro atoms. The molecule has 6 nitrogen and oxygen atoms in total. The number of pyridine rings is 1. The van der Waals surface area contributed by atoms with Gasteiger partial charge in [-0.15, -0.1) is 0 Å². The first kappa shape index (κ1) is 29.2. The average Bonchev–Trinajstić information content (AvgIpc) is 2.86. The van der Waals surface area contributed by atoms with Gasteiger partial charge in [0.1, 0.15) is 5.82 Å². The molecule has 2 atom stereocenters. The predicted octanol–water partition coefficient (Wildman–Crippen LogP) is 5.22. The molecule has 1 N–H and O–H groups in total. The Kier molecular flexibility index (Phi) is 10.2. The summed E-state index contributed by atoms with van der Waals surface area (Å²) >= 11 is 6.12. The highest BCUT2D eigenvalue weighted by Gasteiger charge is 2.39. The van der Waals surface area contributed by atoms with Crippen LogP contribution in [-0.4, -0.2) is 83.4 Å². The first-order chi connectivity index (χ1) is 17.5. The van der Waals surface area contributed by atoms with Crippen LogP contribution in [0.2, 0.25) is 5.02 Å². The lowest BCUT2D eigenvalue weighted by molar-refractivity contribution is -0.192. The van der Waals surface area contributed by atoms with Crippen molar-refractivity contribution in [3.8, 4) is 0 Å². The van der Waals surface area contributed by atoms with Crippen molar-refractivity contribution in [2.45, 2.75) is 57.4 Å². The summed E-state index contributed by atoms with van der Waals surface area (Å²) in [7, 11) is 2.31. The largest absolute Gasteiger partial charge is 0.490 e. The van der Waals surface area contributed by atoms with Crippen molar-refractivity contribution in [3.05, 3.63) is 59.2 Å². The molecule has 2 fully saturated rings. The molecular formula is C27H36ClF3N4O2. The van der Waals surface area contributed by atoms with Gasteiger partial charge in [-0.05, 0) is 62.1 Å². The van der Waals surface area contributed by atoms with Crippen LogP contribution < -0.4 is 4.90 Å². The Morgan fingerprint density at radius 2 is 1.73 bits per heavy atom. The maximum absolute atomic E-state index is 10.6. The quantitative estimate of drug-likeness (QED) is 0.561. The number of hydrogen-bond acceptors (Lipinski definition) is 5. The van der Waals surface area contributed by atoms with Crippen LogP contribution in [0.4, 0.5) is 19.0 Å². The van der Waals surface area contributed by atoms with Gasteiger partial charge in [0.2, 0.25) is 0 Å². The van der Waals surface area contributed by atoms with Crippen LogP contribution >= 0.6 is 11.6 Å². The number of carboxylic acids is 1. The predicted molar refractivity (Wildman–Crippen MR) is 140 cm³/mol. The highest BCUT2D eigenvalue weighted by Crippen LogP contribution is 2.29. The van der Waals surface area contributed by atoms with Gasteiger partial charge in [0.25, 0.3) is 0 Å². The molecule has 4 rings (SSSR count). The number of halogens is 4. The molecular weight excluding hydrogens is 505 g/mol. The number of alkyl halides is 3. The average molecular weight is 541 g/mol. The van der Waals surface area contributed by atoms with E-state index in [1.54, 1.807) is 0 Å². The van der Waals surface area contributed by atoms with Crippen molar-refractivity contribution in [2.75, 3.05) is 38.1 Å². The Balaban J connectivity index is 0.000000479. The summed E-state index contributed by atoms with van der Waals surface area (Å²) in [5.41, 5.74) is 1.39. The van der Waals surface area contributed by atoms with Crippen LogP contribution in [0.25, 0.3) is 0 Å². The molecule has 1 aromatic heterocycles. The highest BCUT2D eigenvalue weighted by atomic mass is 35.5. The Hall–Kier alpha value is -2.36. The molecule has 0 aliphatic carbocycles. The van der Waals surface area contributed by atoms with Crippen LogP contribution in [0.3, 0.4) is 0 Å². The van der Waals surface area contributed by atoms with Crippen LogP contribution in [0.15, 0.2) is 48.7 Å². The summed E-state index contributed by atoms with van der Waals surface area (Å²) in [5, 5.41) is 7.94. The molecule has 10 heteroatoms. The Labute approximate surface area is 222 Å². The number of anilines is 1. The van der Waals surface area contributed by atoms with Crippen molar-refractivity contribution in [1.82, 2.24) is 14.8 Å². The molecule has 37 heavy (non-hydrogen) atoms. The number of rotatable bonds is 5. The van der Waals surface area contributed by atoms with Crippen LogP contribution in [-0.2, 0) is 11.2 Å². The molecule has 0 saturated carbocycles. The zero-order valence-corrected chi connectivity index (χ0v) is 22.3. The van der Waals surface area contributed by atoms with Gasteiger partial charge in [0, 0.05) is 55.5 Å². The van der Waals surface area contributed by atoms with E-state index in [0.29, 0.717) is 24.0 Å². The second-order valence-electron chi connectivity index (χ2n) is 10.1. The number of aliphatic carboxylic acids is 1. The topological polar surface area (TPSA) is 59.9 Å². The fourth-order valence-corrected chi connectivity index (χ4v) is 5.41. The normalized spacial score (nSPS) is 22.0. The van der Waals surface area contributed by atoms with Gasteiger partial charge in [0.05, 0.1) is 0 Å². The summed E-state index contributed by atoms with van der Waals surface area (Å²) in [6.45, 7) is 9.21. The first-order valence-electron chi connectivity index (χ1n) is 12.6. The van der Waals surface area contributed by atoms with Crippen molar-refractivity contribution in [1.29, 1.82) is 0 Å². The van der Waals surface area contributed by atoms with Crippen molar-refractivity contribution >= 4 is 23.4 Å². The number of hydrogen-bond donors (Lipinski definition) is 1. The van der Waals surface area contributed by atoms with Crippen LogP contribution in [0, 0.1) is 5.92 Å². The SMILES string of the molecule is CC(C)[C@H]1CN(C2CCN(c3ccccn3)CC2)[C@@H](Cc2ccc(Cl)cc2)CN1C.O=C(O)C(F)(F)F. The molecule has 0 bridgehead atoms. The maximum Gasteiger partial charge on any atom is 0.490 e. The molecule has 3 heterocycles. The fourth-order valence-electron chi connectivity index (χ4n) is 5.29. The molecule has 2 saturated heterocycles. The summed E-state index contributed by atoms with van der Waals surface area (Å²) in [5.74, 6) is -0.970. The van der Waals surface area contributed by atoms with E-state index in [1.165, 1.54) is 24.9 Å². The van der Waals surface area contributed by atoms with Gasteiger partial charge in [-0.2, -0.15) is 13.2 Å². The Morgan fingerprint density at radius 1 is 1.11 bits per heavy atom. The fraction of sp³-hybridized carbons (Fsp3) is 0.556. The second kappa shape index (κ2) is 12.9. The molecule has 204 valence electrons. The van der Waals surface area contributed by atoms with E-state index in [0.717, 1.165) is 36.9 Å². The summed E-state index contributed by atoms with van der Waals surface area (Å²) in [6, 6.07) is 16.5. The standard InChI is InChI=1S/C25H35ClN4.C2HF3O2/c1-19(2)24-18-30(22-11-14-29(15-12-22)25-6-4-5-13-27-25)23(17-28(24)3)16-20-7-9-21(26)10-8-20;3-2(4,5)1(6)7/h4-10,13,19,22-24H,11-12,14-18H2,1-3H3;(H,6,7)/t23-,24+;/m0./s1. The maximum atomic E-state index is 10.6. The van der Waals surface area contributed by atoms with E-state index in [-0.39, 0.29) is 0 Å². The molecule has 2 aromatic rings. The monoisotopic (exact) mass is 540 g/mol. The van der Waals surface area contributed by atoms with Gasteiger partial charge in [-0.25, -0.2) is 9.78 Å². The van der Waals surface area contributed by atoms with E-state index in [1.807, 2.05) is 24.4 Å². The lowest BCUT2D eigenvalue weighted by Gasteiger charge is -2.51. The summed E-state index contributed by atoms with van der Waals surface area (Å²) in [6.07, 6.45) is 0.328. The van der Waals surface area contributed by atoms with E-state index in [4.69, 9.17) is 21.5 Å². The third-order valence-corrected chi connectivity index (χ3v) is 7.49. The number of aromatic nitrogens is 1. The number of carboxylic acid groups (broad SMARTS) is 1. The molecule has 2 aliphatic rings. The summed E-state index contributed by atoms with van der Waals surface area (Å²) in [4.78, 5) is 21.3. The van der Waals surface area contributed by atoms with Crippen LogP contribution in [0.1, 0.15) is 32.3 Å². The van der Waals surface area contributed by atoms with Crippen LogP contribution in [0.5, 0.6) is 0 Å². The smallest absolute Gasteiger partial charge is 0.475 e. The minimum Gasteiger partial charge on any atom is -0.475 e. The zero-order chi connectivity index (χ0) is 27.2. The highest BCUT2D eigenvalue weighted by molar-refractivity contribution is 6.30. The third-order valence-electron chi connectivity index (χ3n) is 7.24. The number of likely N-dealkylation sites (N-methyl/N-ethyl adjacent to an activating group) is 1. The number of carbonyl (C=O) groups is 1. The van der Waals surface area contributed by atoms with E-state index >= 15 is 0 Å². The second-order valence-corrected chi connectivity index (χ2v) is 10.6. The number of nitrogens with zero attached hydrogens (tertiary/aromatic N) is 4. The van der Waals surface area contributed by atoms with E-state index in [9.17, 15) is 13.2 Å². The van der Waals surface area contributed by atoms with Gasteiger partial charge < -0.3 is 14.9 Å². The Morgan fingerprint density at radius 3 is 2.24 bits per heavy atom. The molecule has 0 radical (unpaired) electrons. The molecule has 2 aliphatic heterocycles. The lowest BCUT2D eigenvalue weighted by atomic mass is 9.91. The van der Waals surface area contributed by atoms with Gasteiger partial charge in [0.15, 0.2) is 0 Å². The number of benzene rings is 1. The number of piperazine rings is 1. The van der Waals surface area contributed by atoms with Crippen molar-refractivity contribution in [2.24, 2.45) is 5.92 Å². The molecule has 0 unspecified atom stereocenters. The van der Waals surface area contributed by atoms with E-state index < -0.39 is 12.1 Å². The van der Waals surface area contributed by atoms with Crippen molar-refractivity contribution < 1.29 is 23.1 Å². The first-order valence-corrected chi connectivity index (χ1v) is 13.0. The van der Waals surface area contributed by atoms with Crippen molar-refractivity contribution in [3.63, 3.8) is 0 Å². The third kappa shape index (κ3) is 8.32. The van der Waals surface area contributed by atoms with Gasteiger partial charge in [-0.1, -0.05) is 43.6 Å². The van der Waals surface area contributed by atoms with Gasteiger partial charge >= 0.3 is 12.1 Å². The molecule has 1 aromatic carbocycles. The summed E-state index contributed by atoms with van der Waals surface area (Å²) < 4.78 is 31.7.